The third kappa shape index (κ3) is 3.93. The minimum absolute atomic E-state index is 0.247. The first-order valence-electron chi connectivity index (χ1n) is 10.3. The Balaban J connectivity index is 1.35. The Kier molecular flexibility index (Phi) is 5.54. The van der Waals surface area contributed by atoms with Crippen LogP contribution >= 0.6 is 0 Å². The summed E-state index contributed by atoms with van der Waals surface area (Å²) in [5, 5.41) is 2.67. The lowest BCUT2D eigenvalue weighted by molar-refractivity contribution is -0.137. The minimum Gasteiger partial charge on any atom is -0.342 e. The Bertz CT molecular complexity index is 735. The lowest BCUT2D eigenvalue weighted by Gasteiger charge is -2.34. The van der Waals surface area contributed by atoms with Crippen molar-refractivity contribution in [1.29, 1.82) is 0 Å². The van der Waals surface area contributed by atoms with Crippen molar-refractivity contribution in [1.82, 2.24) is 9.80 Å². The van der Waals surface area contributed by atoms with E-state index in [0.717, 1.165) is 45.6 Å². The van der Waals surface area contributed by atoms with Crippen LogP contribution in [-0.4, -0.2) is 41.9 Å². The summed E-state index contributed by atoms with van der Waals surface area (Å²) in [7, 11) is 0. The predicted octanol–water partition coefficient (Wildman–Crippen LogP) is 4.45. The second kappa shape index (κ2) is 8.22. The van der Waals surface area contributed by atoms with Gasteiger partial charge in [0, 0.05) is 25.6 Å². The number of benzene rings is 2. The molecule has 0 aromatic heterocycles. The fraction of sp³-hybridized carbons (Fsp3) is 0.522. The Labute approximate surface area is 157 Å². The number of carbonyl (C=O) groups excluding carboxylic acids is 1. The van der Waals surface area contributed by atoms with Crippen LogP contribution in [0.3, 0.4) is 0 Å². The van der Waals surface area contributed by atoms with E-state index in [-0.39, 0.29) is 5.92 Å². The van der Waals surface area contributed by atoms with Gasteiger partial charge in [0.25, 0.3) is 0 Å². The van der Waals surface area contributed by atoms with Crippen molar-refractivity contribution in [3.8, 4) is 0 Å². The molecule has 0 bridgehead atoms. The normalized spacial score (nSPS) is 20.2. The van der Waals surface area contributed by atoms with E-state index in [2.05, 4.69) is 52.3 Å². The van der Waals surface area contributed by atoms with Crippen molar-refractivity contribution in [2.75, 3.05) is 26.2 Å². The zero-order valence-electron chi connectivity index (χ0n) is 15.7. The van der Waals surface area contributed by atoms with Crippen molar-refractivity contribution < 1.29 is 4.79 Å². The molecule has 0 atom stereocenters. The molecule has 2 aromatic rings. The molecule has 2 fully saturated rings. The minimum atomic E-state index is 0.247. The van der Waals surface area contributed by atoms with Crippen molar-refractivity contribution in [3.63, 3.8) is 0 Å². The third-order valence-corrected chi connectivity index (χ3v) is 6.13. The van der Waals surface area contributed by atoms with E-state index in [9.17, 15) is 4.79 Å². The maximum Gasteiger partial charge on any atom is 0.225 e. The monoisotopic (exact) mass is 350 g/mol. The molecule has 1 amide bonds. The van der Waals surface area contributed by atoms with Crippen LogP contribution in [0, 0.1) is 5.92 Å². The fourth-order valence-corrected chi connectivity index (χ4v) is 4.56. The van der Waals surface area contributed by atoms with Crippen LogP contribution in [0.4, 0.5) is 0 Å². The number of rotatable bonds is 3. The van der Waals surface area contributed by atoms with Gasteiger partial charge >= 0.3 is 0 Å². The van der Waals surface area contributed by atoms with Gasteiger partial charge in [-0.1, -0.05) is 55.3 Å². The molecule has 3 heteroatoms. The summed E-state index contributed by atoms with van der Waals surface area (Å²) in [4.78, 5) is 17.5. The number of piperidine rings is 1. The Morgan fingerprint density at radius 1 is 0.846 bits per heavy atom. The number of nitrogens with zero attached hydrogens (tertiary/aromatic N) is 2. The molecule has 0 aliphatic carbocycles. The molecule has 2 aliphatic rings. The SMILES string of the molecule is O=C(C1CCN(Cc2cccc3ccccc23)CC1)N1CCCCCC1. The smallest absolute Gasteiger partial charge is 0.225 e. The molecule has 0 N–H and O–H groups in total. The van der Waals surface area contributed by atoms with Gasteiger partial charge in [-0.2, -0.15) is 0 Å². The van der Waals surface area contributed by atoms with Gasteiger partial charge in [0.2, 0.25) is 5.91 Å². The van der Waals surface area contributed by atoms with Crippen molar-refractivity contribution in [3.05, 3.63) is 48.0 Å². The summed E-state index contributed by atoms with van der Waals surface area (Å²) in [5.74, 6) is 0.675. The molecule has 2 aromatic carbocycles. The number of hydrogen-bond donors (Lipinski definition) is 0. The zero-order chi connectivity index (χ0) is 17.8. The molecule has 0 radical (unpaired) electrons. The fourth-order valence-electron chi connectivity index (χ4n) is 4.56. The maximum atomic E-state index is 12.9. The first kappa shape index (κ1) is 17.5. The first-order valence-corrected chi connectivity index (χ1v) is 10.3. The van der Waals surface area contributed by atoms with E-state index >= 15 is 0 Å². The number of hydrogen-bond acceptors (Lipinski definition) is 2. The molecule has 2 saturated heterocycles. The van der Waals surface area contributed by atoms with E-state index in [1.54, 1.807) is 0 Å². The van der Waals surface area contributed by atoms with Crippen LogP contribution in [0.2, 0.25) is 0 Å². The van der Waals surface area contributed by atoms with Crippen LogP contribution in [0.15, 0.2) is 42.5 Å². The molecule has 138 valence electrons. The molecule has 2 aliphatic heterocycles. The number of amides is 1. The second-order valence-electron chi connectivity index (χ2n) is 7.93. The van der Waals surface area contributed by atoms with E-state index in [4.69, 9.17) is 0 Å². The average Bonchev–Trinajstić information content (AvgIpc) is 2.98. The lowest BCUT2D eigenvalue weighted by Crippen LogP contribution is -2.42. The summed E-state index contributed by atoms with van der Waals surface area (Å²) in [6.07, 6.45) is 6.97. The molecule has 0 saturated carbocycles. The maximum absolute atomic E-state index is 12.9. The topological polar surface area (TPSA) is 23.6 Å². The highest BCUT2D eigenvalue weighted by atomic mass is 16.2. The van der Waals surface area contributed by atoms with E-state index in [1.807, 2.05) is 0 Å². The third-order valence-electron chi connectivity index (χ3n) is 6.13. The Morgan fingerprint density at radius 2 is 1.54 bits per heavy atom. The predicted molar refractivity (Wildman–Crippen MR) is 107 cm³/mol. The summed E-state index contributed by atoms with van der Waals surface area (Å²) >= 11 is 0. The number of likely N-dealkylation sites (tertiary alicyclic amines) is 2. The van der Waals surface area contributed by atoms with Crippen LogP contribution in [0.5, 0.6) is 0 Å². The van der Waals surface area contributed by atoms with Gasteiger partial charge in [-0.25, -0.2) is 0 Å². The Morgan fingerprint density at radius 3 is 2.31 bits per heavy atom. The summed E-state index contributed by atoms with van der Waals surface area (Å²) in [6, 6.07) is 15.2. The average molecular weight is 351 g/mol. The molecule has 3 nitrogen and oxygen atoms in total. The van der Waals surface area contributed by atoms with Crippen LogP contribution in [-0.2, 0) is 11.3 Å². The summed E-state index contributed by atoms with van der Waals surface area (Å²) in [5.41, 5.74) is 1.40. The molecule has 0 spiro atoms. The molecule has 2 heterocycles. The van der Waals surface area contributed by atoms with Crippen molar-refractivity contribution >= 4 is 16.7 Å². The van der Waals surface area contributed by atoms with Crippen LogP contribution in [0.1, 0.15) is 44.1 Å². The van der Waals surface area contributed by atoms with Crippen LogP contribution in [0.25, 0.3) is 10.8 Å². The Hall–Kier alpha value is -1.87. The summed E-state index contributed by atoms with van der Waals surface area (Å²) in [6.45, 7) is 5.02. The van der Waals surface area contributed by atoms with Crippen molar-refractivity contribution in [2.45, 2.75) is 45.1 Å². The van der Waals surface area contributed by atoms with Gasteiger partial charge < -0.3 is 4.90 Å². The molecular weight excluding hydrogens is 320 g/mol. The van der Waals surface area contributed by atoms with E-state index < -0.39 is 0 Å². The highest BCUT2D eigenvalue weighted by molar-refractivity contribution is 5.85. The molecule has 0 unspecified atom stereocenters. The summed E-state index contributed by atoms with van der Waals surface area (Å²) < 4.78 is 0. The largest absolute Gasteiger partial charge is 0.342 e. The lowest BCUT2D eigenvalue weighted by atomic mass is 9.94. The number of fused-ring (bicyclic) bond motifs is 1. The van der Waals surface area contributed by atoms with Crippen molar-refractivity contribution in [2.24, 2.45) is 5.92 Å². The molecular formula is C23H30N2O. The van der Waals surface area contributed by atoms with Gasteiger partial charge in [0.05, 0.1) is 0 Å². The quantitative estimate of drug-likeness (QED) is 0.816. The van der Waals surface area contributed by atoms with Gasteiger partial charge in [-0.15, -0.1) is 0 Å². The van der Waals surface area contributed by atoms with Gasteiger partial charge in [0.1, 0.15) is 0 Å². The van der Waals surface area contributed by atoms with Crippen LogP contribution < -0.4 is 0 Å². The first-order chi connectivity index (χ1) is 12.8. The van der Waals surface area contributed by atoms with Gasteiger partial charge in [-0.05, 0) is 55.1 Å². The zero-order valence-corrected chi connectivity index (χ0v) is 15.7. The van der Waals surface area contributed by atoms with Gasteiger partial charge in [-0.3, -0.25) is 9.69 Å². The molecule has 26 heavy (non-hydrogen) atoms. The van der Waals surface area contributed by atoms with E-state index in [1.165, 1.54) is 42.0 Å². The van der Waals surface area contributed by atoms with Gasteiger partial charge in [0.15, 0.2) is 0 Å². The molecule has 4 rings (SSSR count). The number of carbonyl (C=O) groups is 1. The highest BCUT2D eigenvalue weighted by Gasteiger charge is 2.28. The second-order valence-corrected chi connectivity index (χ2v) is 7.93. The standard InChI is InChI=1S/C23H30N2O/c26-23(25-14-5-1-2-6-15-25)20-12-16-24(17-13-20)18-21-10-7-9-19-8-3-4-11-22(19)21/h3-4,7-11,20H,1-2,5-6,12-18H2. The van der Waals surface area contributed by atoms with E-state index in [0.29, 0.717) is 5.91 Å². The highest BCUT2D eigenvalue weighted by Crippen LogP contribution is 2.25.